The van der Waals surface area contributed by atoms with Crippen LogP contribution in [0.2, 0.25) is 0 Å². The Hall–Kier alpha value is -1.71. The van der Waals surface area contributed by atoms with Crippen LogP contribution in [0.1, 0.15) is 12.8 Å². The number of nitrogens with zero attached hydrogens (tertiary/aromatic N) is 4. The Morgan fingerprint density at radius 3 is 2.25 bits per heavy atom. The minimum atomic E-state index is -3.71. The molecule has 0 spiro atoms. The van der Waals surface area contributed by atoms with Gasteiger partial charge in [0.1, 0.15) is 4.90 Å². The van der Waals surface area contributed by atoms with Crippen molar-refractivity contribution >= 4 is 21.4 Å². The fourth-order valence-electron chi connectivity index (χ4n) is 3.20. The zero-order valence-electron chi connectivity index (χ0n) is 13.7. The van der Waals surface area contributed by atoms with Crippen LogP contribution in [0, 0.1) is 10.1 Å². The fourth-order valence-corrected chi connectivity index (χ4v) is 4.95. The predicted octanol–water partition coefficient (Wildman–Crippen LogP) is 1.13. The number of non-ortho nitro benzene ring substituents is 1. The van der Waals surface area contributed by atoms with Crippen molar-refractivity contribution in [1.82, 2.24) is 9.21 Å². The number of hydrogen-bond donors (Lipinski definition) is 0. The van der Waals surface area contributed by atoms with Gasteiger partial charge in [-0.1, -0.05) is 0 Å². The molecule has 2 fully saturated rings. The standard InChI is InChI=1S/C15H22N4O4S/c1-16-8-10-17(11-9-16)14-5-4-13(19(20)21)12-15(14)24(22,23)18-6-2-3-7-18/h4-5,12H,2-3,6-11H2,1H3. The quantitative estimate of drug-likeness (QED) is 0.595. The van der Waals surface area contributed by atoms with Gasteiger partial charge in [-0.25, -0.2) is 8.42 Å². The number of hydrogen-bond acceptors (Lipinski definition) is 6. The van der Waals surface area contributed by atoms with Crippen molar-refractivity contribution in [2.75, 3.05) is 51.2 Å². The Morgan fingerprint density at radius 2 is 1.67 bits per heavy atom. The minimum Gasteiger partial charge on any atom is -0.368 e. The molecule has 0 saturated carbocycles. The molecule has 132 valence electrons. The van der Waals surface area contributed by atoms with Gasteiger partial charge in [-0.15, -0.1) is 0 Å². The van der Waals surface area contributed by atoms with Crippen molar-refractivity contribution in [3.63, 3.8) is 0 Å². The summed E-state index contributed by atoms with van der Waals surface area (Å²) in [5, 5.41) is 11.1. The molecule has 8 nitrogen and oxygen atoms in total. The van der Waals surface area contributed by atoms with E-state index < -0.39 is 14.9 Å². The molecular formula is C15H22N4O4S. The zero-order valence-corrected chi connectivity index (χ0v) is 14.5. The van der Waals surface area contributed by atoms with Crippen LogP contribution in [-0.2, 0) is 10.0 Å². The fraction of sp³-hybridized carbons (Fsp3) is 0.600. The second-order valence-corrected chi connectivity index (χ2v) is 8.22. The smallest absolute Gasteiger partial charge is 0.270 e. The highest BCUT2D eigenvalue weighted by Gasteiger charge is 2.32. The highest BCUT2D eigenvalue weighted by atomic mass is 32.2. The van der Waals surface area contributed by atoms with E-state index in [9.17, 15) is 18.5 Å². The molecule has 2 aliphatic rings. The Kier molecular flexibility index (Phi) is 4.75. The molecule has 1 aromatic carbocycles. The molecule has 3 rings (SSSR count). The van der Waals surface area contributed by atoms with Gasteiger partial charge in [0, 0.05) is 51.4 Å². The molecule has 0 atom stereocenters. The Morgan fingerprint density at radius 1 is 1.04 bits per heavy atom. The van der Waals surface area contributed by atoms with E-state index in [0.717, 1.165) is 25.9 Å². The topological polar surface area (TPSA) is 87.0 Å². The highest BCUT2D eigenvalue weighted by Crippen LogP contribution is 2.33. The molecule has 0 unspecified atom stereocenters. The highest BCUT2D eigenvalue weighted by molar-refractivity contribution is 7.89. The summed E-state index contributed by atoms with van der Waals surface area (Å²) in [4.78, 5) is 14.8. The van der Waals surface area contributed by atoms with Crippen LogP contribution >= 0.6 is 0 Å². The van der Waals surface area contributed by atoms with Crippen molar-refractivity contribution in [2.45, 2.75) is 17.7 Å². The second-order valence-electron chi connectivity index (χ2n) is 6.31. The van der Waals surface area contributed by atoms with E-state index in [-0.39, 0.29) is 10.6 Å². The number of piperazine rings is 1. The predicted molar refractivity (Wildman–Crippen MR) is 90.8 cm³/mol. The number of anilines is 1. The zero-order chi connectivity index (χ0) is 17.3. The van der Waals surface area contributed by atoms with Crippen molar-refractivity contribution in [3.8, 4) is 0 Å². The number of likely N-dealkylation sites (N-methyl/N-ethyl adjacent to an activating group) is 1. The van der Waals surface area contributed by atoms with Gasteiger partial charge in [0.2, 0.25) is 10.0 Å². The van der Waals surface area contributed by atoms with Crippen molar-refractivity contribution < 1.29 is 13.3 Å². The van der Waals surface area contributed by atoms with Crippen LogP contribution in [0.4, 0.5) is 11.4 Å². The Labute approximate surface area is 141 Å². The lowest BCUT2D eigenvalue weighted by Crippen LogP contribution is -2.45. The summed E-state index contributed by atoms with van der Waals surface area (Å²) in [6.07, 6.45) is 1.66. The van der Waals surface area contributed by atoms with E-state index in [0.29, 0.717) is 31.9 Å². The lowest BCUT2D eigenvalue weighted by Gasteiger charge is -2.35. The third kappa shape index (κ3) is 3.24. The van der Waals surface area contributed by atoms with Gasteiger partial charge in [-0.2, -0.15) is 4.31 Å². The first-order valence-corrected chi connectivity index (χ1v) is 9.56. The molecule has 0 bridgehead atoms. The first kappa shape index (κ1) is 17.1. The van der Waals surface area contributed by atoms with Crippen molar-refractivity contribution in [2.24, 2.45) is 0 Å². The summed E-state index contributed by atoms with van der Waals surface area (Å²) in [6.45, 7) is 4.04. The van der Waals surface area contributed by atoms with Crippen LogP contribution in [0.25, 0.3) is 0 Å². The molecule has 0 amide bonds. The van der Waals surface area contributed by atoms with Gasteiger partial charge in [-0.05, 0) is 26.0 Å². The number of nitro benzene ring substituents is 1. The molecular weight excluding hydrogens is 332 g/mol. The van der Waals surface area contributed by atoms with E-state index >= 15 is 0 Å². The lowest BCUT2D eigenvalue weighted by molar-refractivity contribution is -0.385. The number of nitro groups is 1. The van der Waals surface area contributed by atoms with Crippen LogP contribution in [0.5, 0.6) is 0 Å². The first-order valence-electron chi connectivity index (χ1n) is 8.12. The average molecular weight is 354 g/mol. The number of sulfonamides is 1. The van der Waals surface area contributed by atoms with E-state index in [4.69, 9.17) is 0 Å². The van der Waals surface area contributed by atoms with E-state index in [2.05, 4.69) is 4.90 Å². The average Bonchev–Trinajstić information content (AvgIpc) is 3.10. The lowest BCUT2D eigenvalue weighted by atomic mass is 10.2. The van der Waals surface area contributed by atoms with Gasteiger partial charge in [0.25, 0.3) is 5.69 Å². The third-order valence-corrected chi connectivity index (χ3v) is 6.61. The van der Waals surface area contributed by atoms with Crippen molar-refractivity contribution in [1.29, 1.82) is 0 Å². The van der Waals surface area contributed by atoms with E-state index in [1.807, 2.05) is 11.9 Å². The van der Waals surface area contributed by atoms with Crippen molar-refractivity contribution in [3.05, 3.63) is 28.3 Å². The maximum atomic E-state index is 13.0. The molecule has 0 aliphatic carbocycles. The first-order chi connectivity index (χ1) is 11.4. The monoisotopic (exact) mass is 354 g/mol. The van der Waals surface area contributed by atoms with Gasteiger partial charge in [0.05, 0.1) is 10.6 Å². The summed E-state index contributed by atoms with van der Waals surface area (Å²) in [5.41, 5.74) is 0.381. The molecule has 1 aromatic rings. The molecule has 24 heavy (non-hydrogen) atoms. The normalized spacial score (nSPS) is 20.5. The van der Waals surface area contributed by atoms with E-state index in [1.54, 1.807) is 6.07 Å². The maximum Gasteiger partial charge on any atom is 0.270 e. The largest absolute Gasteiger partial charge is 0.368 e. The summed E-state index contributed by atoms with van der Waals surface area (Å²) in [7, 11) is -1.69. The summed E-state index contributed by atoms with van der Waals surface area (Å²) >= 11 is 0. The molecule has 9 heteroatoms. The van der Waals surface area contributed by atoms with Crippen LogP contribution in [-0.4, -0.2) is 68.9 Å². The summed E-state index contributed by atoms with van der Waals surface area (Å²) < 4.78 is 27.4. The summed E-state index contributed by atoms with van der Waals surface area (Å²) in [5.74, 6) is 0. The van der Waals surface area contributed by atoms with Gasteiger partial charge < -0.3 is 9.80 Å². The minimum absolute atomic E-state index is 0.0585. The molecule has 2 saturated heterocycles. The van der Waals surface area contributed by atoms with Crippen LogP contribution < -0.4 is 4.90 Å². The van der Waals surface area contributed by atoms with Crippen LogP contribution in [0.3, 0.4) is 0 Å². The molecule has 0 aromatic heterocycles. The van der Waals surface area contributed by atoms with Crippen LogP contribution in [0.15, 0.2) is 23.1 Å². The van der Waals surface area contributed by atoms with Gasteiger partial charge >= 0.3 is 0 Å². The number of rotatable bonds is 4. The molecule has 2 aliphatic heterocycles. The molecule has 0 N–H and O–H groups in total. The maximum absolute atomic E-state index is 13.0. The Bertz CT molecular complexity index is 723. The second kappa shape index (κ2) is 6.66. The van der Waals surface area contributed by atoms with Gasteiger partial charge in [-0.3, -0.25) is 10.1 Å². The number of benzene rings is 1. The molecule has 2 heterocycles. The van der Waals surface area contributed by atoms with E-state index in [1.165, 1.54) is 16.4 Å². The SMILES string of the molecule is CN1CCN(c2ccc([N+](=O)[O-])cc2S(=O)(=O)N2CCCC2)CC1. The van der Waals surface area contributed by atoms with Gasteiger partial charge in [0.15, 0.2) is 0 Å². The molecule has 0 radical (unpaired) electrons. The summed E-state index contributed by atoms with van der Waals surface area (Å²) in [6, 6.07) is 4.17. The Balaban J connectivity index is 2.03. The third-order valence-electron chi connectivity index (χ3n) is 4.68.